The van der Waals surface area contributed by atoms with Crippen molar-refractivity contribution in [3.8, 4) is 0 Å². The van der Waals surface area contributed by atoms with E-state index in [4.69, 9.17) is 10.2 Å². The molecule has 0 amide bonds. The van der Waals surface area contributed by atoms with Gasteiger partial charge in [-0.1, -0.05) is 13.8 Å². The molecule has 0 aromatic heterocycles. The van der Waals surface area contributed by atoms with Crippen LogP contribution in [0.4, 0.5) is 0 Å². The van der Waals surface area contributed by atoms with Gasteiger partial charge in [-0.05, 0) is 18.1 Å². The summed E-state index contributed by atoms with van der Waals surface area (Å²) in [6.45, 7) is 4.22. The fourth-order valence-corrected chi connectivity index (χ4v) is 1.73. The van der Waals surface area contributed by atoms with Gasteiger partial charge in [0, 0.05) is 12.4 Å². The third-order valence-corrected chi connectivity index (χ3v) is 2.92. The van der Waals surface area contributed by atoms with Crippen molar-refractivity contribution < 1.29 is 10.2 Å². The Hall–Kier alpha value is 0.270. The fraction of sp³-hybridized carbons (Fsp3) is 1.00. The topological polar surface area (TPSA) is 40.5 Å². The van der Waals surface area contributed by atoms with Crippen LogP contribution < -0.4 is 0 Å². The van der Waals surface area contributed by atoms with Gasteiger partial charge in [0.2, 0.25) is 0 Å². The van der Waals surface area contributed by atoms with Gasteiger partial charge < -0.3 is 10.2 Å². The first-order chi connectivity index (χ1) is 5.20. The zero-order valence-corrected chi connectivity index (χ0v) is 8.10. The predicted octanol–water partition coefficient (Wildman–Crippen LogP) is 1.12. The molecule has 2 N–H and O–H groups in total. The van der Waals surface area contributed by atoms with E-state index in [0.717, 1.165) is 17.9 Å². The Morgan fingerprint density at radius 2 is 2.00 bits per heavy atom. The number of hydrogen-bond acceptors (Lipinski definition) is 3. The third kappa shape index (κ3) is 6.66. The van der Waals surface area contributed by atoms with E-state index >= 15 is 0 Å². The highest BCUT2D eigenvalue weighted by Crippen LogP contribution is 2.10. The van der Waals surface area contributed by atoms with Gasteiger partial charge in [-0.3, -0.25) is 0 Å². The van der Waals surface area contributed by atoms with Crippen molar-refractivity contribution in [3.05, 3.63) is 0 Å². The molecule has 3 heteroatoms. The molecule has 0 aliphatic heterocycles. The summed E-state index contributed by atoms with van der Waals surface area (Å²) in [7, 11) is 0. The summed E-state index contributed by atoms with van der Waals surface area (Å²) in [5.41, 5.74) is 0. The SMILES string of the molecule is CCC(O)CSCC(C)CO. The molecule has 0 saturated carbocycles. The lowest BCUT2D eigenvalue weighted by atomic mass is 10.2. The molecule has 0 aromatic rings. The third-order valence-electron chi connectivity index (χ3n) is 1.50. The lowest BCUT2D eigenvalue weighted by molar-refractivity contribution is 0.195. The summed E-state index contributed by atoms with van der Waals surface area (Å²) in [5.74, 6) is 2.08. The van der Waals surface area contributed by atoms with E-state index in [1.165, 1.54) is 0 Å². The van der Waals surface area contributed by atoms with Crippen molar-refractivity contribution in [2.75, 3.05) is 18.1 Å². The molecule has 2 atom stereocenters. The Labute approximate surface area is 73.0 Å². The highest BCUT2D eigenvalue weighted by molar-refractivity contribution is 7.99. The van der Waals surface area contributed by atoms with Gasteiger partial charge in [0.05, 0.1) is 6.10 Å². The van der Waals surface area contributed by atoms with Crippen LogP contribution in [0.5, 0.6) is 0 Å². The van der Waals surface area contributed by atoms with Crippen LogP contribution >= 0.6 is 11.8 Å². The minimum atomic E-state index is -0.175. The first kappa shape index (κ1) is 11.3. The molecule has 11 heavy (non-hydrogen) atoms. The van der Waals surface area contributed by atoms with Gasteiger partial charge in [-0.25, -0.2) is 0 Å². The number of aliphatic hydroxyl groups excluding tert-OH is 2. The summed E-state index contributed by atoms with van der Waals surface area (Å²) in [5, 5.41) is 17.8. The summed E-state index contributed by atoms with van der Waals surface area (Å²) in [4.78, 5) is 0. The average Bonchev–Trinajstić information content (AvgIpc) is 2.04. The summed E-state index contributed by atoms with van der Waals surface area (Å²) >= 11 is 1.71. The molecule has 0 aromatic carbocycles. The molecule has 0 spiro atoms. The van der Waals surface area contributed by atoms with Crippen molar-refractivity contribution in [2.45, 2.75) is 26.4 Å². The van der Waals surface area contributed by atoms with E-state index in [0.29, 0.717) is 5.92 Å². The maximum atomic E-state index is 9.16. The minimum Gasteiger partial charge on any atom is -0.396 e. The molecule has 0 saturated heterocycles. The first-order valence-corrected chi connectivity index (χ1v) is 5.22. The first-order valence-electron chi connectivity index (χ1n) is 4.07. The second kappa shape index (κ2) is 6.95. The molecule has 0 rings (SSSR count). The lowest BCUT2D eigenvalue weighted by Crippen LogP contribution is -2.11. The summed E-state index contributed by atoms with van der Waals surface area (Å²) < 4.78 is 0. The van der Waals surface area contributed by atoms with Gasteiger partial charge in [0.25, 0.3) is 0 Å². The second-order valence-corrected chi connectivity index (χ2v) is 3.96. The average molecular weight is 178 g/mol. The number of hydrogen-bond donors (Lipinski definition) is 2. The Morgan fingerprint density at radius 1 is 1.36 bits per heavy atom. The quantitative estimate of drug-likeness (QED) is 0.640. The van der Waals surface area contributed by atoms with Gasteiger partial charge in [0.1, 0.15) is 0 Å². The van der Waals surface area contributed by atoms with E-state index in [1.54, 1.807) is 11.8 Å². The van der Waals surface area contributed by atoms with Crippen molar-refractivity contribution in [1.82, 2.24) is 0 Å². The molecule has 0 radical (unpaired) electrons. The van der Waals surface area contributed by atoms with E-state index in [2.05, 4.69) is 0 Å². The fourth-order valence-electron chi connectivity index (χ4n) is 0.576. The number of aliphatic hydroxyl groups is 2. The highest BCUT2D eigenvalue weighted by atomic mass is 32.2. The molecule has 0 bridgehead atoms. The standard InChI is InChI=1S/C8H18O2S/c1-3-8(10)6-11-5-7(2)4-9/h7-10H,3-6H2,1-2H3. The highest BCUT2D eigenvalue weighted by Gasteiger charge is 2.03. The summed E-state index contributed by atoms with van der Waals surface area (Å²) in [6, 6.07) is 0. The molecular formula is C8H18O2S. The van der Waals surface area contributed by atoms with Crippen LogP contribution in [-0.2, 0) is 0 Å². The van der Waals surface area contributed by atoms with Crippen LogP contribution in [0.1, 0.15) is 20.3 Å². The Kier molecular flexibility index (Phi) is 7.12. The van der Waals surface area contributed by atoms with Crippen molar-refractivity contribution in [3.63, 3.8) is 0 Å². The van der Waals surface area contributed by atoms with Gasteiger partial charge >= 0.3 is 0 Å². The van der Waals surface area contributed by atoms with E-state index < -0.39 is 0 Å². The van der Waals surface area contributed by atoms with Crippen LogP contribution in [0.15, 0.2) is 0 Å². The van der Waals surface area contributed by atoms with Crippen LogP contribution in [0, 0.1) is 5.92 Å². The second-order valence-electron chi connectivity index (χ2n) is 2.89. The van der Waals surface area contributed by atoms with Crippen LogP contribution in [0.2, 0.25) is 0 Å². The Morgan fingerprint density at radius 3 is 2.45 bits per heavy atom. The maximum absolute atomic E-state index is 9.16. The van der Waals surface area contributed by atoms with Crippen molar-refractivity contribution in [1.29, 1.82) is 0 Å². The normalized spacial score (nSPS) is 16.4. The minimum absolute atomic E-state index is 0.175. The molecular weight excluding hydrogens is 160 g/mol. The van der Waals surface area contributed by atoms with E-state index in [1.807, 2.05) is 13.8 Å². The predicted molar refractivity (Wildman–Crippen MR) is 49.9 cm³/mol. The maximum Gasteiger partial charge on any atom is 0.0628 e. The smallest absolute Gasteiger partial charge is 0.0628 e. The van der Waals surface area contributed by atoms with Gasteiger partial charge in [-0.2, -0.15) is 11.8 Å². The number of thioether (sulfide) groups is 1. The van der Waals surface area contributed by atoms with Crippen molar-refractivity contribution in [2.24, 2.45) is 5.92 Å². The van der Waals surface area contributed by atoms with Crippen molar-refractivity contribution >= 4 is 11.8 Å². The van der Waals surface area contributed by atoms with Crippen LogP contribution in [0.3, 0.4) is 0 Å². The lowest BCUT2D eigenvalue weighted by Gasteiger charge is -2.09. The van der Waals surface area contributed by atoms with Crippen LogP contribution in [-0.4, -0.2) is 34.4 Å². The Bertz CT molecular complexity index is 78.2. The molecule has 2 unspecified atom stereocenters. The van der Waals surface area contributed by atoms with E-state index in [9.17, 15) is 0 Å². The largest absolute Gasteiger partial charge is 0.396 e. The van der Waals surface area contributed by atoms with Gasteiger partial charge in [-0.15, -0.1) is 0 Å². The molecule has 0 fully saturated rings. The summed E-state index contributed by atoms with van der Waals surface area (Å²) in [6.07, 6.45) is 0.645. The Balaban J connectivity index is 3.13. The van der Waals surface area contributed by atoms with Crippen LogP contribution in [0.25, 0.3) is 0 Å². The zero-order valence-electron chi connectivity index (χ0n) is 7.29. The molecule has 0 aliphatic rings. The zero-order chi connectivity index (χ0) is 8.69. The molecule has 0 aliphatic carbocycles. The number of rotatable bonds is 6. The molecule has 2 nitrogen and oxygen atoms in total. The van der Waals surface area contributed by atoms with E-state index in [-0.39, 0.29) is 12.7 Å². The molecule has 68 valence electrons. The van der Waals surface area contributed by atoms with Gasteiger partial charge in [0.15, 0.2) is 0 Å². The monoisotopic (exact) mass is 178 g/mol. The molecule has 0 heterocycles.